The van der Waals surface area contributed by atoms with Gasteiger partial charge in [0.15, 0.2) is 12.4 Å². The van der Waals surface area contributed by atoms with E-state index in [1.807, 2.05) is 31.2 Å². The number of nitrogens with one attached hydrogen (secondary N) is 1. The number of carbonyl (C=O) groups excluding carboxylic acids is 1. The molecular weight excluding hydrogens is 312 g/mol. The Balaban J connectivity index is 2.01. The van der Waals surface area contributed by atoms with Gasteiger partial charge in [-0.15, -0.1) is 0 Å². The number of amides is 1. The van der Waals surface area contributed by atoms with Crippen molar-refractivity contribution >= 4 is 11.7 Å². The average molecular weight is 332 g/mol. The summed E-state index contributed by atoms with van der Waals surface area (Å²) >= 11 is 0. The Bertz CT molecular complexity index is 724. The first-order valence-corrected chi connectivity index (χ1v) is 7.53. The van der Waals surface area contributed by atoms with Crippen LogP contribution in [-0.4, -0.2) is 38.1 Å². The van der Waals surface area contributed by atoms with E-state index in [0.29, 0.717) is 12.2 Å². The van der Waals surface area contributed by atoms with Gasteiger partial charge in [-0.2, -0.15) is 0 Å². The number of hydrogen-bond acceptors (Lipinski definition) is 5. The lowest BCUT2D eigenvalue weighted by atomic mass is 10.0. The van der Waals surface area contributed by atoms with Gasteiger partial charge < -0.3 is 20.5 Å². The summed E-state index contributed by atoms with van der Waals surface area (Å²) in [6.07, 6.45) is 1.60. The van der Waals surface area contributed by atoms with Crippen LogP contribution in [0.2, 0.25) is 0 Å². The quantitative estimate of drug-likeness (QED) is 0.583. The number of aryl methyl sites for hydroxylation is 2. The van der Waals surface area contributed by atoms with Gasteiger partial charge in [0.05, 0.1) is 12.6 Å². The molecule has 0 aliphatic carbocycles. The molecule has 1 aromatic heterocycles. The molecule has 0 aliphatic heterocycles. The summed E-state index contributed by atoms with van der Waals surface area (Å²) in [6, 6.07) is 7.35. The Kier molecular flexibility index (Phi) is 5.64. The number of rotatable bonds is 7. The van der Waals surface area contributed by atoms with Crippen LogP contribution in [0.1, 0.15) is 17.0 Å². The van der Waals surface area contributed by atoms with Crippen molar-refractivity contribution in [1.29, 1.82) is 0 Å². The molecule has 0 aliphatic rings. The minimum atomic E-state index is -0.580. The van der Waals surface area contributed by atoms with Crippen LogP contribution in [-0.2, 0) is 17.8 Å². The van der Waals surface area contributed by atoms with Crippen LogP contribution < -0.4 is 5.32 Å². The zero-order valence-corrected chi connectivity index (χ0v) is 13.6. The smallest absolute Gasteiger partial charge is 0.343 e. The number of imidazole rings is 1. The highest BCUT2D eigenvalue weighted by molar-refractivity contribution is 5.76. The summed E-state index contributed by atoms with van der Waals surface area (Å²) in [4.78, 5) is 26.4. The van der Waals surface area contributed by atoms with E-state index in [4.69, 9.17) is 0 Å². The Hall–Kier alpha value is -2.74. The number of nitro groups is 1. The monoisotopic (exact) mass is 332 g/mol. The molecule has 8 heteroatoms. The standard InChI is InChI=1S/C16H20N4O4/c1-11-3-5-13(6-4-11)7-14(10-21)18-15(22)9-19-12(2)17-8-16(19)20(23)24/h3-6,8,14,21H,7,9-10H2,1-2H3,(H,18,22). The number of hydrogen-bond donors (Lipinski definition) is 2. The molecule has 128 valence electrons. The SMILES string of the molecule is Cc1ccc(CC(CO)NC(=O)Cn2c([N+](=O)[O-])cnc2C)cc1. The number of benzene rings is 1. The predicted octanol–water partition coefficient (Wildman–Crippen LogP) is 1.13. The van der Waals surface area contributed by atoms with Gasteiger partial charge in [-0.3, -0.25) is 4.79 Å². The largest absolute Gasteiger partial charge is 0.394 e. The maximum Gasteiger partial charge on any atom is 0.343 e. The fourth-order valence-corrected chi connectivity index (χ4v) is 2.38. The molecule has 0 bridgehead atoms. The summed E-state index contributed by atoms with van der Waals surface area (Å²) < 4.78 is 1.23. The highest BCUT2D eigenvalue weighted by Crippen LogP contribution is 2.13. The highest BCUT2D eigenvalue weighted by atomic mass is 16.6. The van der Waals surface area contributed by atoms with Gasteiger partial charge in [-0.25, -0.2) is 9.55 Å². The van der Waals surface area contributed by atoms with Crippen molar-refractivity contribution in [3.05, 3.63) is 57.5 Å². The Labute approximate surface area is 139 Å². The fraction of sp³-hybridized carbons (Fsp3) is 0.375. The molecule has 2 rings (SSSR count). The van der Waals surface area contributed by atoms with Crippen LogP contribution in [0.25, 0.3) is 0 Å². The average Bonchev–Trinajstić information content (AvgIpc) is 2.90. The third kappa shape index (κ3) is 4.39. The van der Waals surface area contributed by atoms with E-state index in [1.54, 1.807) is 6.92 Å². The van der Waals surface area contributed by atoms with Crippen molar-refractivity contribution in [2.45, 2.75) is 32.9 Å². The van der Waals surface area contributed by atoms with Crippen LogP contribution in [0.3, 0.4) is 0 Å². The molecule has 1 heterocycles. The molecule has 0 spiro atoms. The lowest BCUT2D eigenvalue weighted by Gasteiger charge is -2.16. The molecular formula is C16H20N4O4. The van der Waals surface area contributed by atoms with Crippen molar-refractivity contribution in [1.82, 2.24) is 14.9 Å². The van der Waals surface area contributed by atoms with Crippen molar-refractivity contribution < 1.29 is 14.8 Å². The summed E-state index contributed by atoms with van der Waals surface area (Å²) in [5, 5.41) is 23.1. The van der Waals surface area contributed by atoms with Gasteiger partial charge >= 0.3 is 5.82 Å². The molecule has 0 fully saturated rings. The summed E-state index contributed by atoms with van der Waals surface area (Å²) in [6.45, 7) is 3.14. The lowest BCUT2D eigenvalue weighted by molar-refractivity contribution is -0.392. The minimum Gasteiger partial charge on any atom is -0.394 e. The molecule has 0 radical (unpaired) electrons. The van der Waals surface area contributed by atoms with Crippen molar-refractivity contribution in [3.63, 3.8) is 0 Å². The fourth-order valence-electron chi connectivity index (χ4n) is 2.38. The summed E-state index contributed by atoms with van der Waals surface area (Å²) in [5.74, 6) is -0.261. The second-order valence-corrected chi connectivity index (χ2v) is 5.64. The van der Waals surface area contributed by atoms with Gasteiger partial charge in [-0.05, 0) is 23.8 Å². The third-order valence-electron chi connectivity index (χ3n) is 3.71. The van der Waals surface area contributed by atoms with E-state index >= 15 is 0 Å². The maximum absolute atomic E-state index is 12.2. The van der Waals surface area contributed by atoms with Crippen LogP contribution in [0.15, 0.2) is 30.5 Å². The molecule has 1 aromatic carbocycles. The molecule has 1 unspecified atom stereocenters. The zero-order valence-electron chi connectivity index (χ0n) is 13.6. The van der Waals surface area contributed by atoms with Crippen LogP contribution in [0.4, 0.5) is 5.82 Å². The van der Waals surface area contributed by atoms with E-state index in [2.05, 4.69) is 10.3 Å². The molecule has 24 heavy (non-hydrogen) atoms. The van der Waals surface area contributed by atoms with E-state index in [9.17, 15) is 20.0 Å². The summed E-state index contributed by atoms with van der Waals surface area (Å²) in [7, 11) is 0. The van der Waals surface area contributed by atoms with Crippen molar-refractivity contribution in [2.75, 3.05) is 6.61 Å². The normalized spacial score (nSPS) is 12.0. The highest BCUT2D eigenvalue weighted by Gasteiger charge is 2.21. The van der Waals surface area contributed by atoms with E-state index in [1.165, 1.54) is 4.57 Å². The van der Waals surface area contributed by atoms with Crippen LogP contribution >= 0.6 is 0 Å². The van der Waals surface area contributed by atoms with Gasteiger partial charge in [0, 0.05) is 6.92 Å². The lowest BCUT2D eigenvalue weighted by Crippen LogP contribution is -2.41. The number of aromatic nitrogens is 2. The molecule has 1 amide bonds. The first-order chi connectivity index (χ1) is 11.4. The van der Waals surface area contributed by atoms with E-state index < -0.39 is 16.9 Å². The van der Waals surface area contributed by atoms with Gasteiger partial charge in [0.1, 0.15) is 6.20 Å². The van der Waals surface area contributed by atoms with Crippen LogP contribution in [0.5, 0.6) is 0 Å². The van der Waals surface area contributed by atoms with Gasteiger partial charge in [0.25, 0.3) is 5.91 Å². The first-order valence-electron chi connectivity index (χ1n) is 7.53. The number of nitrogens with zero attached hydrogens (tertiary/aromatic N) is 3. The van der Waals surface area contributed by atoms with Crippen molar-refractivity contribution in [3.8, 4) is 0 Å². The molecule has 1 atom stereocenters. The Morgan fingerprint density at radius 2 is 2.04 bits per heavy atom. The zero-order chi connectivity index (χ0) is 17.7. The number of aliphatic hydroxyl groups is 1. The third-order valence-corrected chi connectivity index (χ3v) is 3.71. The molecule has 0 saturated carbocycles. The number of aliphatic hydroxyl groups excluding tert-OH is 1. The topological polar surface area (TPSA) is 110 Å². The number of carbonyl (C=O) groups is 1. The molecule has 2 N–H and O–H groups in total. The minimum absolute atomic E-state index is 0.216. The Morgan fingerprint density at radius 1 is 1.38 bits per heavy atom. The van der Waals surface area contributed by atoms with Gasteiger partial charge in [-0.1, -0.05) is 29.8 Å². The molecule has 2 aromatic rings. The molecule has 0 saturated heterocycles. The summed E-state index contributed by atoms with van der Waals surface area (Å²) in [5.41, 5.74) is 2.12. The van der Waals surface area contributed by atoms with E-state index in [0.717, 1.165) is 17.3 Å². The Morgan fingerprint density at radius 3 is 2.62 bits per heavy atom. The second kappa shape index (κ2) is 7.69. The predicted molar refractivity (Wildman–Crippen MR) is 87.5 cm³/mol. The van der Waals surface area contributed by atoms with E-state index in [-0.39, 0.29) is 19.0 Å². The van der Waals surface area contributed by atoms with Crippen molar-refractivity contribution in [2.24, 2.45) is 0 Å². The molecule has 8 nitrogen and oxygen atoms in total. The second-order valence-electron chi connectivity index (χ2n) is 5.64. The van der Waals surface area contributed by atoms with Crippen LogP contribution in [0, 0.1) is 24.0 Å². The maximum atomic E-state index is 12.2. The van der Waals surface area contributed by atoms with Gasteiger partial charge in [0.2, 0.25) is 0 Å². The first kappa shape index (κ1) is 17.6.